The van der Waals surface area contributed by atoms with Gasteiger partial charge in [-0.05, 0) is 35.2 Å². The van der Waals surface area contributed by atoms with Crippen molar-refractivity contribution in [2.24, 2.45) is 0 Å². The van der Waals surface area contributed by atoms with Gasteiger partial charge in [-0.25, -0.2) is 4.79 Å². The quantitative estimate of drug-likeness (QED) is 0.667. The molecule has 2 N–H and O–H groups in total. The molecule has 0 aliphatic heterocycles. The number of nitrogens with zero attached hydrogens (tertiary/aromatic N) is 1. The molecule has 2 aromatic carbocycles. The average molecular weight is 390 g/mol. The molecule has 0 saturated heterocycles. The van der Waals surface area contributed by atoms with E-state index in [-0.39, 0.29) is 10.8 Å². The number of thiophene rings is 1. The minimum absolute atomic E-state index is 0.159. The molecule has 0 spiro atoms. The third kappa shape index (κ3) is 3.53. The molecule has 0 atom stereocenters. The molecule has 3 rings (SSSR count). The molecule has 6 heteroatoms. The predicted molar refractivity (Wildman–Crippen MR) is 110 cm³/mol. The zero-order valence-electron chi connectivity index (χ0n) is 15.4. The van der Waals surface area contributed by atoms with Crippen LogP contribution in [0.4, 0.5) is 0 Å². The molecule has 140 valence electrons. The minimum atomic E-state index is -1.03. The normalized spacial score (nSPS) is 10.3. The van der Waals surface area contributed by atoms with Crippen LogP contribution >= 0.6 is 11.3 Å². The molecular formula is C22H18N2O3S. The number of carboxylic acid groups (broad SMARTS) is 1. The van der Waals surface area contributed by atoms with Gasteiger partial charge >= 0.3 is 5.97 Å². The number of nitrogens with one attached hydrogen (secondary N) is 1. The van der Waals surface area contributed by atoms with E-state index < -0.39 is 5.97 Å². The van der Waals surface area contributed by atoms with Crippen LogP contribution in [0.2, 0.25) is 0 Å². The summed E-state index contributed by atoms with van der Waals surface area (Å²) in [5.41, 5.74) is 3.94. The number of amides is 1. The van der Waals surface area contributed by atoms with Crippen LogP contribution < -0.4 is 5.32 Å². The van der Waals surface area contributed by atoms with Crippen molar-refractivity contribution in [3.05, 3.63) is 69.4 Å². The first-order valence-electron chi connectivity index (χ1n) is 8.72. The van der Waals surface area contributed by atoms with Gasteiger partial charge in [0.25, 0.3) is 5.91 Å². The smallest absolute Gasteiger partial charge is 0.346 e. The van der Waals surface area contributed by atoms with E-state index >= 15 is 0 Å². The summed E-state index contributed by atoms with van der Waals surface area (Å²) in [4.78, 5) is 24.5. The van der Waals surface area contributed by atoms with Crippen molar-refractivity contribution in [3.63, 3.8) is 0 Å². The number of nitriles is 1. The maximum Gasteiger partial charge on any atom is 0.346 e. The first kappa shape index (κ1) is 19.3. The first-order valence-corrected chi connectivity index (χ1v) is 9.53. The van der Waals surface area contributed by atoms with Crippen LogP contribution in [-0.4, -0.2) is 24.0 Å². The van der Waals surface area contributed by atoms with Crippen molar-refractivity contribution in [3.8, 4) is 28.3 Å². The molecule has 5 nitrogen and oxygen atoms in total. The van der Waals surface area contributed by atoms with E-state index in [1.54, 1.807) is 19.2 Å². The lowest BCUT2D eigenvalue weighted by Gasteiger charge is -2.07. The van der Waals surface area contributed by atoms with Crippen molar-refractivity contribution in [1.82, 2.24) is 5.32 Å². The fraction of sp³-hybridized carbons (Fsp3) is 0.136. The van der Waals surface area contributed by atoms with E-state index in [0.29, 0.717) is 28.7 Å². The van der Waals surface area contributed by atoms with Crippen LogP contribution in [0.3, 0.4) is 0 Å². The van der Waals surface area contributed by atoms with E-state index in [1.807, 2.05) is 43.3 Å². The molecule has 0 saturated carbocycles. The zero-order chi connectivity index (χ0) is 20.3. The lowest BCUT2D eigenvalue weighted by atomic mass is 9.96. The molecule has 1 amide bonds. The topological polar surface area (TPSA) is 90.2 Å². The van der Waals surface area contributed by atoms with E-state index in [1.165, 1.54) is 0 Å². The van der Waals surface area contributed by atoms with Gasteiger partial charge in [0.05, 0.1) is 5.56 Å². The third-order valence-corrected chi connectivity index (χ3v) is 5.79. The van der Waals surface area contributed by atoms with Gasteiger partial charge in [-0.3, -0.25) is 4.79 Å². The van der Waals surface area contributed by atoms with Crippen molar-refractivity contribution in [1.29, 1.82) is 5.26 Å². The number of benzene rings is 2. The highest BCUT2D eigenvalue weighted by Crippen LogP contribution is 2.37. The summed E-state index contributed by atoms with van der Waals surface area (Å²) < 4.78 is 0. The number of carbonyl (C=O) groups is 2. The molecule has 3 aromatic rings. The van der Waals surface area contributed by atoms with E-state index in [4.69, 9.17) is 0 Å². The fourth-order valence-electron chi connectivity index (χ4n) is 3.09. The second kappa shape index (κ2) is 8.07. The third-order valence-electron chi connectivity index (χ3n) is 4.47. The van der Waals surface area contributed by atoms with Gasteiger partial charge in [-0.2, -0.15) is 5.26 Å². The van der Waals surface area contributed by atoms with Crippen molar-refractivity contribution >= 4 is 23.2 Å². The fourth-order valence-corrected chi connectivity index (χ4v) is 4.13. The number of hydrogen-bond acceptors (Lipinski definition) is 4. The van der Waals surface area contributed by atoms with Gasteiger partial charge < -0.3 is 10.4 Å². The molecule has 0 aliphatic carbocycles. The van der Waals surface area contributed by atoms with Crippen LogP contribution in [-0.2, 0) is 6.42 Å². The van der Waals surface area contributed by atoms with Gasteiger partial charge in [0, 0.05) is 23.1 Å². The van der Waals surface area contributed by atoms with Gasteiger partial charge in [0.15, 0.2) is 0 Å². The molecule has 0 bridgehead atoms. The SMILES string of the molecule is CCc1sc(C(=O)O)c(-c2ccc(-c3cccc(C(=O)NC)c3)cc2)c1C#N. The monoisotopic (exact) mass is 390 g/mol. The Kier molecular flexibility index (Phi) is 5.57. The summed E-state index contributed by atoms with van der Waals surface area (Å²) in [7, 11) is 1.59. The summed E-state index contributed by atoms with van der Waals surface area (Å²) in [6, 6.07) is 16.8. The van der Waals surface area contributed by atoms with E-state index in [2.05, 4.69) is 11.4 Å². The molecule has 0 radical (unpaired) electrons. The van der Waals surface area contributed by atoms with Gasteiger partial charge in [0.2, 0.25) is 0 Å². The van der Waals surface area contributed by atoms with Crippen LogP contribution in [0.15, 0.2) is 48.5 Å². The Morgan fingerprint density at radius 3 is 2.36 bits per heavy atom. The highest BCUT2D eigenvalue weighted by molar-refractivity contribution is 7.14. The standard InChI is InChI=1S/C22H18N2O3S/c1-3-18-17(12-23)19(20(28-18)22(26)27)14-9-7-13(8-10-14)15-5-4-6-16(11-15)21(25)24-2/h4-11H,3H2,1-2H3,(H,24,25)(H,26,27). The van der Waals surface area contributed by atoms with Crippen LogP contribution in [0.25, 0.3) is 22.3 Å². The van der Waals surface area contributed by atoms with E-state index in [0.717, 1.165) is 27.3 Å². The minimum Gasteiger partial charge on any atom is -0.477 e. The van der Waals surface area contributed by atoms with Crippen LogP contribution in [0, 0.1) is 11.3 Å². The van der Waals surface area contributed by atoms with Gasteiger partial charge in [-0.1, -0.05) is 43.3 Å². The molecule has 0 unspecified atom stereocenters. The largest absolute Gasteiger partial charge is 0.477 e. The van der Waals surface area contributed by atoms with Crippen LogP contribution in [0.5, 0.6) is 0 Å². The number of hydrogen-bond donors (Lipinski definition) is 2. The average Bonchev–Trinajstić information content (AvgIpc) is 3.12. The first-order chi connectivity index (χ1) is 13.5. The van der Waals surface area contributed by atoms with Gasteiger partial charge in [-0.15, -0.1) is 11.3 Å². The van der Waals surface area contributed by atoms with Crippen LogP contribution in [0.1, 0.15) is 37.4 Å². The number of rotatable bonds is 5. The Balaban J connectivity index is 2.05. The highest BCUT2D eigenvalue weighted by atomic mass is 32.1. The molecule has 28 heavy (non-hydrogen) atoms. The Bertz CT molecular complexity index is 1090. The molecular weight excluding hydrogens is 372 g/mol. The summed E-state index contributed by atoms with van der Waals surface area (Å²) in [6.07, 6.45) is 0.609. The Morgan fingerprint density at radius 1 is 1.11 bits per heavy atom. The Labute approximate surface area is 166 Å². The molecule has 0 fully saturated rings. The number of aromatic carboxylic acids is 1. The maximum atomic E-state index is 11.8. The Morgan fingerprint density at radius 2 is 1.79 bits per heavy atom. The lowest BCUT2D eigenvalue weighted by Crippen LogP contribution is -2.17. The lowest BCUT2D eigenvalue weighted by molar-refractivity contribution is 0.0702. The molecule has 1 heterocycles. The zero-order valence-corrected chi connectivity index (χ0v) is 16.3. The molecule has 1 aromatic heterocycles. The molecule has 0 aliphatic rings. The number of carbonyl (C=O) groups excluding carboxylic acids is 1. The highest BCUT2D eigenvalue weighted by Gasteiger charge is 2.23. The summed E-state index contributed by atoms with van der Waals surface area (Å²) in [6.45, 7) is 1.91. The second-order valence-corrected chi connectivity index (χ2v) is 7.22. The van der Waals surface area contributed by atoms with Crippen molar-refractivity contribution in [2.45, 2.75) is 13.3 Å². The van der Waals surface area contributed by atoms with E-state index in [9.17, 15) is 20.0 Å². The Hall–Kier alpha value is -3.43. The van der Waals surface area contributed by atoms with Gasteiger partial charge in [0.1, 0.15) is 10.9 Å². The van der Waals surface area contributed by atoms with Crippen molar-refractivity contribution < 1.29 is 14.7 Å². The summed E-state index contributed by atoms with van der Waals surface area (Å²) in [5.74, 6) is -1.19. The summed E-state index contributed by atoms with van der Waals surface area (Å²) >= 11 is 1.16. The van der Waals surface area contributed by atoms with Crippen molar-refractivity contribution in [2.75, 3.05) is 7.05 Å². The maximum absolute atomic E-state index is 11.8. The predicted octanol–water partition coefficient (Wildman–Crippen LogP) is 4.57. The number of carboxylic acids is 1. The number of aryl methyl sites for hydroxylation is 1. The second-order valence-electron chi connectivity index (χ2n) is 6.11. The summed E-state index contributed by atoms with van der Waals surface area (Å²) in [5, 5.41) is 21.7.